The van der Waals surface area contributed by atoms with Gasteiger partial charge in [-0.3, -0.25) is 4.57 Å². The van der Waals surface area contributed by atoms with Crippen molar-refractivity contribution in [2.24, 2.45) is 4.99 Å². The fourth-order valence-electron chi connectivity index (χ4n) is 4.50. The van der Waals surface area contributed by atoms with Crippen LogP contribution in [0.15, 0.2) is 83.4 Å². The Bertz CT molecular complexity index is 1800. The van der Waals surface area contributed by atoms with E-state index < -0.39 is 12.4 Å². The second-order valence-electron chi connectivity index (χ2n) is 10.2. The number of hydrogen-bond acceptors (Lipinski definition) is 5. The predicted molar refractivity (Wildman–Crippen MR) is 158 cm³/mol. The molecular formula is C31H29F3N6O2S. The Labute approximate surface area is 250 Å². The smallest absolute Gasteiger partial charge is 0.406 e. The van der Waals surface area contributed by atoms with E-state index in [1.807, 2.05) is 41.1 Å². The lowest BCUT2D eigenvalue weighted by Gasteiger charge is -2.16. The van der Waals surface area contributed by atoms with Gasteiger partial charge in [0.2, 0.25) is 0 Å². The number of carbonyl (C=O) groups excluding carboxylic acids is 1. The molecule has 1 N–H and O–H groups in total. The van der Waals surface area contributed by atoms with Crippen LogP contribution in [0.25, 0.3) is 22.8 Å². The zero-order chi connectivity index (χ0) is 30.7. The maximum Gasteiger partial charge on any atom is 0.573 e. The number of rotatable bonds is 7. The van der Waals surface area contributed by atoms with Gasteiger partial charge in [0.15, 0.2) is 10.6 Å². The molecule has 5 rings (SSSR count). The second kappa shape index (κ2) is 12.3. The van der Waals surface area contributed by atoms with Crippen LogP contribution >= 0.6 is 11.3 Å². The van der Waals surface area contributed by atoms with Crippen molar-refractivity contribution in [3.63, 3.8) is 0 Å². The molecule has 0 fully saturated rings. The Hall–Kier alpha value is -4.71. The highest BCUT2D eigenvalue weighted by molar-refractivity contribution is 7.07. The maximum atomic E-state index is 12.8. The summed E-state index contributed by atoms with van der Waals surface area (Å²) in [6.07, 6.45) is -3.28. The van der Waals surface area contributed by atoms with E-state index >= 15 is 0 Å². The van der Waals surface area contributed by atoms with Gasteiger partial charge in [-0.15, -0.1) is 29.6 Å². The molecule has 2 heterocycles. The van der Waals surface area contributed by atoms with Gasteiger partial charge in [-0.25, -0.2) is 14.5 Å². The first-order valence-corrected chi connectivity index (χ1v) is 14.3. The van der Waals surface area contributed by atoms with Crippen LogP contribution in [0, 0.1) is 13.8 Å². The fourth-order valence-corrected chi connectivity index (χ4v) is 5.36. The first-order valence-electron chi connectivity index (χ1n) is 13.4. The summed E-state index contributed by atoms with van der Waals surface area (Å²) in [5.74, 6) is 0.433. The number of thiazole rings is 1. The minimum atomic E-state index is -4.75. The molecule has 0 aliphatic heterocycles. The minimum Gasteiger partial charge on any atom is -0.406 e. The molecule has 0 spiro atoms. The molecule has 5 aromatic rings. The molecule has 2 aromatic heterocycles. The first kappa shape index (κ1) is 29.8. The fraction of sp³-hybridized carbons (Fsp3) is 0.226. The van der Waals surface area contributed by atoms with Gasteiger partial charge in [0, 0.05) is 23.2 Å². The predicted octanol–water partition coefficient (Wildman–Crippen LogP) is 7.24. The monoisotopic (exact) mass is 606 g/mol. The molecule has 12 heteroatoms. The largest absolute Gasteiger partial charge is 0.573 e. The molecule has 2 amide bonds. The van der Waals surface area contributed by atoms with E-state index in [0.717, 1.165) is 22.5 Å². The standard InChI is InChI=1S/C31H29F3N6O2S/c1-19(2)26-15-20(3)5-14-27(26)40-21(4)17-43-30(40)37-29(41)35-16-22-6-8-23(9-7-22)28-36-18-39(38-28)24-10-12-25(13-11-24)42-31(32,33)34/h5-15,17-19H,16H2,1-4H3,(H,35,41). The highest BCUT2D eigenvalue weighted by atomic mass is 32.1. The normalized spacial score (nSPS) is 12.1. The van der Waals surface area contributed by atoms with Crippen LogP contribution in [0.2, 0.25) is 0 Å². The van der Waals surface area contributed by atoms with Gasteiger partial charge in [-0.2, -0.15) is 4.99 Å². The molecule has 0 aliphatic carbocycles. The third-order valence-corrected chi connectivity index (χ3v) is 7.55. The summed E-state index contributed by atoms with van der Waals surface area (Å²) in [5, 5.41) is 9.26. The number of urea groups is 1. The number of carbonyl (C=O) groups is 1. The van der Waals surface area contributed by atoms with Crippen molar-refractivity contribution < 1.29 is 22.7 Å². The van der Waals surface area contributed by atoms with Crippen LogP contribution in [0.5, 0.6) is 5.75 Å². The molecular weight excluding hydrogens is 577 g/mol. The zero-order valence-electron chi connectivity index (χ0n) is 23.9. The van der Waals surface area contributed by atoms with Crippen LogP contribution in [-0.4, -0.2) is 31.7 Å². The number of nitrogens with zero attached hydrogens (tertiary/aromatic N) is 5. The Morgan fingerprint density at radius 1 is 1.05 bits per heavy atom. The number of amides is 2. The maximum absolute atomic E-state index is 12.8. The molecule has 0 saturated carbocycles. The molecule has 0 bridgehead atoms. The molecule has 8 nitrogen and oxygen atoms in total. The summed E-state index contributed by atoms with van der Waals surface area (Å²) in [6, 6.07) is 18.6. The summed E-state index contributed by atoms with van der Waals surface area (Å²) in [7, 11) is 0. The van der Waals surface area contributed by atoms with Crippen LogP contribution in [0.1, 0.15) is 42.1 Å². The molecule has 0 saturated heterocycles. The summed E-state index contributed by atoms with van der Waals surface area (Å²) < 4.78 is 44.6. The number of halogens is 3. The number of nitrogens with one attached hydrogen (secondary N) is 1. The van der Waals surface area contributed by atoms with Gasteiger partial charge in [-0.1, -0.05) is 55.8 Å². The van der Waals surface area contributed by atoms with E-state index in [9.17, 15) is 18.0 Å². The molecule has 222 valence electrons. The lowest BCUT2D eigenvalue weighted by Crippen LogP contribution is -2.24. The van der Waals surface area contributed by atoms with Crippen LogP contribution in [-0.2, 0) is 6.54 Å². The Kier molecular flexibility index (Phi) is 8.49. The van der Waals surface area contributed by atoms with Gasteiger partial charge < -0.3 is 10.1 Å². The van der Waals surface area contributed by atoms with Gasteiger partial charge >= 0.3 is 12.4 Å². The highest BCUT2D eigenvalue weighted by Crippen LogP contribution is 2.26. The van der Waals surface area contributed by atoms with E-state index in [2.05, 4.69) is 64.1 Å². The number of benzene rings is 3. The number of aryl methyl sites for hydroxylation is 2. The Morgan fingerprint density at radius 2 is 1.77 bits per heavy atom. The second-order valence-corrected chi connectivity index (χ2v) is 11.1. The van der Waals surface area contributed by atoms with E-state index in [4.69, 9.17) is 0 Å². The van der Waals surface area contributed by atoms with Crippen LogP contribution in [0.3, 0.4) is 0 Å². The van der Waals surface area contributed by atoms with Crippen molar-refractivity contribution in [1.29, 1.82) is 0 Å². The number of aromatic nitrogens is 4. The minimum absolute atomic E-state index is 0.281. The lowest BCUT2D eigenvalue weighted by molar-refractivity contribution is -0.274. The van der Waals surface area contributed by atoms with Crippen molar-refractivity contribution in [3.05, 3.63) is 106 Å². The van der Waals surface area contributed by atoms with Gasteiger partial charge in [0.1, 0.15) is 12.1 Å². The SMILES string of the molecule is Cc1ccc(-n2c(C)csc2=NC(=O)NCc2ccc(-c3ncn(-c4ccc(OC(F)(F)F)cc4)n3)cc2)c(C(C)C)c1. The summed E-state index contributed by atoms with van der Waals surface area (Å²) >= 11 is 1.42. The van der Waals surface area contributed by atoms with E-state index in [-0.39, 0.29) is 12.3 Å². The van der Waals surface area contributed by atoms with Gasteiger partial charge in [-0.05, 0) is 61.2 Å². The van der Waals surface area contributed by atoms with Gasteiger partial charge in [0.25, 0.3) is 0 Å². The third kappa shape index (κ3) is 7.20. The lowest BCUT2D eigenvalue weighted by atomic mass is 9.99. The van der Waals surface area contributed by atoms with Crippen LogP contribution < -0.4 is 14.9 Å². The summed E-state index contributed by atoms with van der Waals surface area (Å²) in [6.45, 7) is 8.65. The molecule has 0 atom stereocenters. The number of ether oxygens (including phenoxy) is 1. The zero-order valence-corrected chi connectivity index (χ0v) is 24.7. The number of alkyl halides is 3. The molecule has 0 radical (unpaired) electrons. The summed E-state index contributed by atoms with van der Waals surface area (Å²) in [4.78, 5) is 22.1. The van der Waals surface area contributed by atoms with Crippen molar-refractivity contribution >= 4 is 17.4 Å². The van der Waals surface area contributed by atoms with E-state index in [0.29, 0.717) is 22.2 Å². The van der Waals surface area contributed by atoms with Crippen LogP contribution in [0.4, 0.5) is 18.0 Å². The molecule has 0 aliphatic rings. The Balaban J connectivity index is 1.25. The Morgan fingerprint density at radius 3 is 2.44 bits per heavy atom. The average molecular weight is 607 g/mol. The topological polar surface area (TPSA) is 86.3 Å². The molecule has 3 aromatic carbocycles. The van der Waals surface area contributed by atoms with Gasteiger partial charge in [0.05, 0.1) is 11.4 Å². The van der Waals surface area contributed by atoms with Crippen molar-refractivity contribution in [3.8, 4) is 28.5 Å². The molecule has 43 heavy (non-hydrogen) atoms. The number of hydrogen-bond donors (Lipinski definition) is 1. The van der Waals surface area contributed by atoms with Crippen molar-refractivity contribution in [2.45, 2.75) is 46.5 Å². The van der Waals surface area contributed by atoms with Crippen molar-refractivity contribution in [2.75, 3.05) is 0 Å². The van der Waals surface area contributed by atoms with E-state index in [1.165, 1.54) is 57.7 Å². The summed E-state index contributed by atoms with van der Waals surface area (Å²) in [5.41, 5.74) is 6.53. The third-order valence-electron chi connectivity index (χ3n) is 6.60. The average Bonchev–Trinajstić information content (AvgIpc) is 3.59. The first-order chi connectivity index (χ1) is 20.5. The van der Waals surface area contributed by atoms with Crippen molar-refractivity contribution in [1.82, 2.24) is 24.6 Å². The highest BCUT2D eigenvalue weighted by Gasteiger charge is 2.31. The quantitative estimate of drug-likeness (QED) is 0.212. The van der Waals surface area contributed by atoms with E-state index in [1.54, 1.807) is 0 Å². The molecule has 0 unspecified atom stereocenters.